The van der Waals surface area contributed by atoms with Gasteiger partial charge in [-0.25, -0.2) is 0 Å². The van der Waals surface area contributed by atoms with E-state index in [1.54, 1.807) is 35.2 Å². The molecule has 0 aromatic heterocycles. The zero-order valence-corrected chi connectivity index (χ0v) is 16.2. The van der Waals surface area contributed by atoms with E-state index in [0.29, 0.717) is 22.8 Å². The molecule has 1 aliphatic rings. The monoisotopic (exact) mass is 411 g/mol. The highest BCUT2D eigenvalue weighted by atomic mass is 35.5. The Kier molecular flexibility index (Phi) is 6.47. The van der Waals surface area contributed by atoms with Crippen molar-refractivity contribution in [3.8, 4) is 6.07 Å². The van der Waals surface area contributed by atoms with Crippen LogP contribution in [0.5, 0.6) is 0 Å². The van der Waals surface area contributed by atoms with E-state index < -0.39 is 24.4 Å². The molecule has 1 aliphatic heterocycles. The van der Waals surface area contributed by atoms with E-state index in [0.717, 1.165) is 5.56 Å². The van der Waals surface area contributed by atoms with Crippen LogP contribution in [-0.4, -0.2) is 35.8 Å². The summed E-state index contributed by atoms with van der Waals surface area (Å²) in [7, 11) is 0. The third-order valence-electron chi connectivity index (χ3n) is 4.49. The number of amides is 2. The molecule has 1 saturated heterocycles. The minimum Gasteiger partial charge on any atom is -0.455 e. The van der Waals surface area contributed by atoms with Gasteiger partial charge < -0.3 is 15.0 Å². The Morgan fingerprint density at radius 1 is 1.24 bits per heavy atom. The number of rotatable bonds is 6. The first-order valence-electron chi connectivity index (χ1n) is 8.94. The van der Waals surface area contributed by atoms with Crippen LogP contribution < -0.4 is 5.32 Å². The van der Waals surface area contributed by atoms with Crippen molar-refractivity contribution in [2.24, 2.45) is 5.92 Å². The summed E-state index contributed by atoms with van der Waals surface area (Å²) in [5.74, 6) is -1.91. The molecule has 0 unspecified atom stereocenters. The highest BCUT2D eigenvalue weighted by Crippen LogP contribution is 2.24. The molecule has 1 heterocycles. The van der Waals surface area contributed by atoms with Crippen molar-refractivity contribution in [3.05, 3.63) is 64.7 Å². The van der Waals surface area contributed by atoms with Gasteiger partial charge in [0.2, 0.25) is 5.91 Å². The molecule has 0 spiro atoms. The molecule has 0 saturated carbocycles. The van der Waals surface area contributed by atoms with Crippen molar-refractivity contribution in [1.29, 1.82) is 5.26 Å². The highest BCUT2D eigenvalue weighted by molar-refractivity contribution is 6.31. The standard InChI is InChI=1S/C21H18ClN3O4/c22-18-7-2-1-5-15(18)11-25-12-16(9-20(25)27)21(28)29-13-19(26)24-17-6-3-4-14(8-17)10-23/h1-8,16H,9,11-13H2,(H,24,26)/t16-/m1/s1. The number of ether oxygens (including phenoxy) is 1. The van der Waals surface area contributed by atoms with Gasteiger partial charge in [-0.1, -0.05) is 35.9 Å². The van der Waals surface area contributed by atoms with E-state index in [1.165, 1.54) is 6.07 Å². The molecule has 29 heavy (non-hydrogen) atoms. The third kappa shape index (κ3) is 5.33. The summed E-state index contributed by atoms with van der Waals surface area (Å²) in [6, 6.07) is 15.6. The van der Waals surface area contributed by atoms with E-state index in [2.05, 4.69) is 5.32 Å². The normalized spacial score (nSPS) is 15.7. The lowest BCUT2D eigenvalue weighted by Gasteiger charge is -2.17. The SMILES string of the molecule is N#Cc1cccc(NC(=O)COC(=O)[C@@H]2CC(=O)N(Cc3ccccc3Cl)C2)c1. The summed E-state index contributed by atoms with van der Waals surface area (Å²) in [5.41, 5.74) is 1.64. The van der Waals surface area contributed by atoms with Crippen molar-refractivity contribution >= 4 is 35.1 Å². The van der Waals surface area contributed by atoms with Crippen LogP contribution >= 0.6 is 11.6 Å². The molecule has 7 nitrogen and oxygen atoms in total. The summed E-state index contributed by atoms with van der Waals surface area (Å²) >= 11 is 6.13. The second kappa shape index (κ2) is 9.22. The molecular formula is C21H18ClN3O4. The Balaban J connectivity index is 1.49. The van der Waals surface area contributed by atoms with Gasteiger partial charge in [-0.3, -0.25) is 14.4 Å². The molecule has 1 N–H and O–H groups in total. The van der Waals surface area contributed by atoms with Gasteiger partial charge in [0.1, 0.15) is 0 Å². The second-order valence-electron chi connectivity index (χ2n) is 6.62. The molecule has 0 radical (unpaired) electrons. The zero-order valence-electron chi connectivity index (χ0n) is 15.4. The Morgan fingerprint density at radius 3 is 2.79 bits per heavy atom. The van der Waals surface area contributed by atoms with Crippen molar-refractivity contribution in [2.75, 3.05) is 18.5 Å². The summed E-state index contributed by atoms with van der Waals surface area (Å²) in [6.45, 7) is 0.0670. The van der Waals surface area contributed by atoms with Crippen LogP contribution in [0.1, 0.15) is 17.5 Å². The summed E-state index contributed by atoms with van der Waals surface area (Å²) in [5, 5.41) is 12.0. The van der Waals surface area contributed by atoms with Crippen molar-refractivity contribution in [1.82, 2.24) is 4.90 Å². The number of hydrogen-bond donors (Lipinski definition) is 1. The minimum absolute atomic E-state index is 0.0368. The Morgan fingerprint density at radius 2 is 2.03 bits per heavy atom. The van der Waals surface area contributed by atoms with Crippen LogP contribution in [0.4, 0.5) is 5.69 Å². The number of hydrogen-bond acceptors (Lipinski definition) is 5. The number of esters is 1. The molecule has 3 rings (SSSR count). The van der Waals surface area contributed by atoms with Crippen molar-refractivity contribution in [2.45, 2.75) is 13.0 Å². The van der Waals surface area contributed by atoms with Crippen LogP contribution in [0.3, 0.4) is 0 Å². The molecule has 2 aromatic rings. The van der Waals surface area contributed by atoms with E-state index in [9.17, 15) is 14.4 Å². The number of carbonyl (C=O) groups is 3. The summed E-state index contributed by atoms with van der Waals surface area (Å²) < 4.78 is 5.07. The average Bonchev–Trinajstić information content (AvgIpc) is 3.08. The van der Waals surface area contributed by atoms with Crippen LogP contribution in [0, 0.1) is 17.2 Å². The minimum atomic E-state index is -0.625. The maximum absolute atomic E-state index is 12.3. The van der Waals surface area contributed by atoms with Crippen LogP contribution in [0.25, 0.3) is 0 Å². The molecule has 1 fully saturated rings. The molecular weight excluding hydrogens is 394 g/mol. The number of carbonyl (C=O) groups excluding carboxylic acids is 3. The fourth-order valence-corrected chi connectivity index (χ4v) is 3.23. The van der Waals surface area contributed by atoms with Gasteiger partial charge in [-0.15, -0.1) is 0 Å². The van der Waals surface area contributed by atoms with E-state index in [-0.39, 0.29) is 18.9 Å². The van der Waals surface area contributed by atoms with E-state index in [1.807, 2.05) is 18.2 Å². The predicted octanol–water partition coefficient (Wildman–Crippen LogP) is 2.74. The fraction of sp³-hybridized carbons (Fsp3) is 0.238. The highest BCUT2D eigenvalue weighted by Gasteiger charge is 2.35. The number of halogens is 1. The lowest BCUT2D eigenvalue weighted by atomic mass is 10.1. The number of likely N-dealkylation sites (tertiary alicyclic amines) is 1. The average molecular weight is 412 g/mol. The zero-order chi connectivity index (χ0) is 20.8. The maximum Gasteiger partial charge on any atom is 0.311 e. The molecule has 2 amide bonds. The van der Waals surface area contributed by atoms with Crippen molar-refractivity contribution in [3.63, 3.8) is 0 Å². The van der Waals surface area contributed by atoms with Gasteiger partial charge in [0.05, 0.1) is 17.6 Å². The predicted molar refractivity (Wildman–Crippen MR) is 106 cm³/mol. The van der Waals surface area contributed by atoms with Gasteiger partial charge >= 0.3 is 5.97 Å². The third-order valence-corrected chi connectivity index (χ3v) is 4.86. The van der Waals surface area contributed by atoms with Crippen molar-refractivity contribution < 1.29 is 19.1 Å². The molecule has 1 atom stereocenters. The molecule has 2 aromatic carbocycles. The Bertz CT molecular complexity index is 986. The molecule has 8 heteroatoms. The van der Waals surface area contributed by atoms with E-state index >= 15 is 0 Å². The number of nitrogens with one attached hydrogen (secondary N) is 1. The lowest BCUT2D eigenvalue weighted by Crippen LogP contribution is -2.28. The van der Waals surface area contributed by atoms with Gasteiger partial charge in [0, 0.05) is 30.2 Å². The first-order valence-corrected chi connectivity index (χ1v) is 9.32. The summed E-state index contributed by atoms with van der Waals surface area (Å²) in [6.07, 6.45) is 0.0368. The quantitative estimate of drug-likeness (QED) is 0.737. The number of anilines is 1. The van der Waals surface area contributed by atoms with Crippen LogP contribution in [0.2, 0.25) is 5.02 Å². The van der Waals surface area contributed by atoms with E-state index in [4.69, 9.17) is 21.6 Å². The Hall–Kier alpha value is -3.37. The van der Waals surface area contributed by atoms with Gasteiger partial charge in [-0.2, -0.15) is 5.26 Å². The number of benzene rings is 2. The largest absolute Gasteiger partial charge is 0.455 e. The maximum atomic E-state index is 12.3. The van der Waals surface area contributed by atoms with Gasteiger partial charge in [-0.05, 0) is 29.8 Å². The van der Waals surface area contributed by atoms with Gasteiger partial charge in [0.25, 0.3) is 5.91 Å². The first kappa shape index (κ1) is 20.4. The summed E-state index contributed by atoms with van der Waals surface area (Å²) in [4.78, 5) is 38.0. The fourth-order valence-electron chi connectivity index (χ4n) is 3.03. The van der Waals surface area contributed by atoms with Gasteiger partial charge in [0.15, 0.2) is 6.61 Å². The Labute approximate surface area is 172 Å². The molecule has 0 aliphatic carbocycles. The second-order valence-corrected chi connectivity index (χ2v) is 7.02. The number of nitrogens with zero attached hydrogens (tertiary/aromatic N) is 2. The lowest BCUT2D eigenvalue weighted by molar-refractivity contribution is -0.151. The van der Waals surface area contributed by atoms with Crippen LogP contribution in [0.15, 0.2) is 48.5 Å². The smallest absolute Gasteiger partial charge is 0.311 e. The molecule has 0 bridgehead atoms. The topological polar surface area (TPSA) is 99.5 Å². The first-order chi connectivity index (χ1) is 14.0. The van der Waals surface area contributed by atoms with Crippen LogP contribution in [-0.2, 0) is 25.7 Å². The molecule has 148 valence electrons. The number of nitriles is 1.